The van der Waals surface area contributed by atoms with E-state index in [-0.39, 0.29) is 0 Å². The SMILES string of the molecule is CCCCCCCC(CCCCCCC)N1CC(CC)[C@@H](N)C1CC. The number of likely N-dealkylation sites (tertiary alicyclic amines) is 1. The maximum atomic E-state index is 6.62. The summed E-state index contributed by atoms with van der Waals surface area (Å²) >= 11 is 0. The first-order valence-corrected chi connectivity index (χ1v) is 11.7. The molecule has 1 heterocycles. The summed E-state index contributed by atoms with van der Waals surface area (Å²) in [5, 5.41) is 0. The topological polar surface area (TPSA) is 29.3 Å². The van der Waals surface area contributed by atoms with Gasteiger partial charge in [0.15, 0.2) is 0 Å². The lowest BCUT2D eigenvalue weighted by Crippen LogP contribution is -2.44. The predicted molar refractivity (Wildman–Crippen MR) is 113 cm³/mol. The third-order valence-corrected chi connectivity index (χ3v) is 6.55. The van der Waals surface area contributed by atoms with Crippen molar-refractivity contribution in [3.05, 3.63) is 0 Å². The highest BCUT2D eigenvalue weighted by molar-refractivity contribution is 4.97. The van der Waals surface area contributed by atoms with E-state index in [0.29, 0.717) is 18.0 Å². The molecule has 2 nitrogen and oxygen atoms in total. The third kappa shape index (κ3) is 7.99. The van der Waals surface area contributed by atoms with E-state index in [4.69, 9.17) is 5.73 Å². The molecule has 2 unspecified atom stereocenters. The lowest BCUT2D eigenvalue weighted by molar-refractivity contribution is 0.145. The molecule has 0 saturated carbocycles. The molecule has 0 radical (unpaired) electrons. The number of rotatable bonds is 15. The van der Waals surface area contributed by atoms with Gasteiger partial charge in [-0.2, -0.15) is 0 Å². The van der Waals surface area contributed by atoms with E-state index >= 15 is 0 Å². The highest BCUT2D eigenvalue weighted by Crippen LogP contribution is 2.32. The Bertz CT molecular complexity index is 290. The first-order chi connectivity index (χ1) is 12.2. The van der Waals surface area contributed by atoms with Crippen LogP contribution in [0.15, 0.2) is 0 Å². The zero-order chi connectivity index (χ0) is 18.5. The van der Waals surface area contributed by atoms with Crippen LogP contribution in [0.5, 0.6) is 0 Å². The summed E-state index contributed by atoms with van der Waals surface area (Å²) in [7, 11) is 0. The van der Waals surface area contributed by atoms with E-state index in [9.17, 15) is 0 Å². The minimum Gasteiger partial charge on any atom is -0.326 e. The van der Waals surface area contributed by atoms with Crippen LogP contribution in [0.25, 0.3) is 0 Å². The van der Waals surface area contributed by atoms with Gasteiger partial charge in [0.1, 0.15) is 0 Å². The fourth-order valence-electron chi connectivity index (χ4n) is 4.83. The maximum absolute atomic E-state index is 6.62. The molecule has 1 fully saturated rings. The quantitative estimate of drug-likeness (QED) is 0.340. The Kier molecular flexibility index (Phi) is 12.9. The standard InChI is InChI=1S/C23H48N2/c1-5-9-11-13-15-17-21(18-16-14-12-10-6-2)25-19-20(7-3)23(24)22(25)8-4/h20-23H,5-19,24H2,1-4H3/t20?,22?,23-/m1/s1. The maximum Gasteiger partial charge on any atom is 0.0250 e. The average Bonchev–Trinajstić information content (AvgIpc) is 2.95. The fourth-order valence-corrected chi connectivity index (χ4v) is 4.83. The molecule has 0 bridgehead atoms. The minimum absolute atomic E-state index is 0.401. The molecule has 1 saturated heterocycles. The smallest absolute Gasteiger partial charge is 0.0250 e. The molecule has 2 N–H and O–H groups in total. The van der Waals surface area contributed by atoms with Gasteiger partial charge in [-0.05, 0) is 25.2 Å². The summed E-state index contributed by atoms with van der Waals surface area (Å²) in [6.07, 6.45) is 19.3. The van der Waals surface area contributed by atoms with Gasteiger partial charge in [-0.1, -0.05) is 98.3 Å². The van der Waals surface area contributed by atoms with Gasteiger partial charge < -0.3 is 5.73 Å². The zero-order valence-electron chi connectivity index (χ0n) is 17.9. The van der Waals surface area contributed by atoms with Crippen molar-refractivity contribution in [3.63, 3.8) is 0 Å². The molecular weight excluding hydrogens is 304 g/mol. The molecule has 150 valence electrons. The molecule has 1 aliphatic heterocycles. The van der Waals surface area contributed by atoms with E-state index in [1.165, 1.54) is 96.4 Å². The first kappa shape index (κ1) is 23.0. The van der Waals surface area contributed by atoms with Crippen molar-refractivity contribution in [2.75, 3.05) is 6.54 Å². The van der Waals surface area contributed by atoms with Gasteiger partial charge in [0, 0.05) is 24.7 Å². The van der Waals surface area contributed by atoms with E-state index in [1.54, 1.807) is 0 Å². The van der Waals surface area contributed by atoms with E-state index in [1.807, 2.05) is 0 Å². The van der Waals surface area contributed by atoms with Gasteiger partial charge in [-0.25, -0.2) is 0 Å². The lowest BCUT2D eigenvalue weighted by atomic mass is 9.95. The van der Waals surface area contributed by atoms with Crippen LogP contribution >= 0.6 is 0 Å². The lowest BCUT2D eigenvalue weighted by Gasteiger charge is -2.34. The van der Waals surface area contributed by atoms with Gasteiger partial charge in [-0.3, -0.25) is 4.90 Å². The van der Waals surface area contributed by atoms with Crippen molar-refractivity contribution in [3.8, 4) is 0 Å². The minimum atomic E-state index is 0.401. The Hall–Kier alpha value is -0.0800. The molecular formula is C23H48N2. The van der Waals surface area contributed by atoms with Crippen LogP contribution in [0.2, 0.25) is 0 Å². The summed E-state index contributed by atoms with van der Waals surface area (Å²) in [6, 6.07) is 1.81. The Balaban J connectivity index is 2.55. The largest absolute Gasteiger partial charge is 0.326 e. The van der Waals surface area contributed by atoms with Crippen LogP contribution in [-0.2, 0) is 0 Å². The second-order valence-corrected chi connectivity index (χ2v) is 8.48. The second-order valence-electron chi connectivity index (χ2n) is 8.48. The number of unbranched alkanes of at least 4 members (excludes halogenated alkanes) is 8. The summed E-state index contributed by atoms with van der Waals surface area (Å²) in [5.41, 5.74) is 6.62. The molecule has 0 aromatic heterocycles. The Morgan fingerprint density at radius 3 is 1.72 bits per heavy atom. The highest BCUT2D eigenvalue weighted by Gasteiger charge is 2.40. The van der Waals surface area contributed by atoms with Crippen molar-refractivity contribution in [2.45, 2.75) is 136 Å². The second kappa shape index (κ2) is 14.0. The Labute approximate surface area is 159 Å². The average molecular weight is 353 g/mol. The number of nitrogens with zero attached hydrogens (tertiary/aromatic N) is 1. The molecule has 0 aromatic rings. The van der Waals surface area contributed by atoms with Gasteiger partial charge in [0.25, 0.3) is 0 Å². The zero-order valence-corrected chi connectivity index (χ0v) is 17.9. The van der Waals surface area contributed by atoms with Crippen LogP contribution in [0.4, 0.5) is 0 Å². The van der Waals surface area contributed by atoms with Crippen molar-refractivity contribution in [2.24, 2.45) is 11.7 Å². The monoisotopic (exact) mass is 352 g/mol. The van der Waals surface area contributed by atoms with E-state index in [2.05, 4.69) is 32.6 Å². The number of nitrogens with two attached hydrogens (primary N) is 1. The summed E-state index contributed by atoms with van der Waals surface area (Å²) in [6.45, 7) is 10.5. The number of hydrogen-bond acceptors (Lipinski definition) is 2. The fraction of sp³-hybridized carbons (Fsp3) is 1.00. The molecule has 3 atom stereocenters. The van der Waals surface area contributed by atoms with Crippen LogP contribution in [0.1, 0.15) is 118 Å². The first-order valence-electron chi connectivity index (χ1n) is 11.7. The Morgan fingerprint density at radius 1 is 0.760 bits per heavy atom. The van der Waals surface area contributed by atoms with Gasteiger partial charge in [-0.15, -0.1) is 0 Å². The van der Waals surface area contributed by atoms with Gasteiger partial charge in [0.05, 0.1) is 0 Å². The predicted octanol–water partition coefficient (Wildman–Crippen LogP) is 6.52. The molecule has 0 spiro atoms. The van der Waals surface area contributed by atoms with E-state index < -0.39 is 0 Å². The molecule has 0 aromatic carbocycles. The summed E-state index contributed by atoms with van der Waals surface area (Å²) < 4.78 is 0. The van der Waals surface area contributed by atoms with Crippen molar-refractivity contribution < 1.29 is 0 Å². The van der Waals surface area contributed by atoms with E-state index in [0.717, 1.165) is 6.04 Å². The van der Waals surface area contributed by atoms with Crippen LogP contribution < -0.4 is 5.73 Å². The summed E-state index contributed by atoms with van der Waals surface area (Å²) in [5.74, 6) is 0.715. The van der Waals surface area contributed by atoms with Crippen molar-refractivity contribution in [1.29, 1.82) is 0 Å². The Morgan fingerprint density at radius 2 is 1.28 bits per heavy atom. The molecule has 0 amide bonds. The molecule has 1 aliphatic rings. The molecule has 0 aliphatic carbocycles. The number of hydrogen-bond donors (Lipinski definition) is 1. The van der Waals surface area contributed by atoms with Crippen molar-refractivity contribution >= 4 is 0 Å². The molecule has 2 heteroatoms. The van der Waals surface area contributed by atoms with Gasteiger partial charge in [0.2, 0.25) is 0 Å². The normalized spacial score (nSPS) is 24.5. The van der Waals surface area contributed by atoms with Crippen LogP contribution in [-0.4, -0.2) is 29.6 Å². The molecule has 25 heavy (non-hydrogen) atoms. The van der Waals surface area contributed by atoms with Crippen LogP contribution in [0, 0.1) is 5.92 Å². The van der Waals surface area contributed by atoms with Crippen molar-refractivity contribution in [1.82, 2.24) is 4.90 Å². The third-order valence-electron chi connectivity index (χ3n) is 6.55. The van der Waals surface area contributed by atoms with Gasteiger partial charge >= 0.3 is 0 Å². The highest BCUT2D eigenvalue weighted by atomic mass is 15.2. The van der Waals surface area contributed by atoms with Crippen LogP contribution in [0.3, 0.4) is 0 Å². The summed E-state index contributed by atoms with van der Waals surface area (Å²) in [4.78, 5) is 2.85. The molecule has 1 rings (SSSR count).